The van der Waals surface area contributed by atoms with E-state index in [1.54, 1.807) is 12.1 Å². The van der Waals surface area contributed by atoms with Crippen molar-refractivity contribution in [3.8, 4) is 11.5 Å². The van der Waals surface area contributed by atoms with E-state index in [2.05, 4.69) is 13.0 Å². The molecule has 0 aromatic heterocycles. The van der Waals surface area contributed by atoms with Gasteiger partial charge in [-0.15, -0.1) is 0 Å². The standard InChI is InChI=1S/C21H28O4/c1-5-6-7-8-15-13-17-16(19(22)18(15)20(23)24)10-12-21(4,25-17)11-9-14(2)3/h9-10,12-13,22H,5-8,11H2,1-4H3,(H,23,24). The first-order chi connectivity index (χ1) is 11.8. The van der Waals surface area contributed by atoms with E-state index in [0.717, 1.165) is 25.7 Å². The molecule has 0 aliphatic carbocycles. The maximum Gasteiger partial charge on any atom is 0.339 e. The number of aromatic carboxylic acids is 1. The van der Waals surface area contributed by atoms with Crippen molar-refractivity contribution < 1.29 is 19.7 Å². The highest BCUT2D eigenvalue weighted by molar-refractivity contribution is 5.95. The fourth-order valence-corrected chi connectivity index (χ4v) is 3.02. The summed E-state index contributed by atoms with van der Waals surface area (Å²) in [5.41, 5.74) is 1.80. The van der Waals surface area contributed by atoms with Crippen LogP contribution in [0.2, 0.25) is 0 Å². The van der Waals surface area contributed by atoms with E-state index in [4.69, 9.17) is 4.74 Å². The molecule has 0 spiro atoms. The first kappa shape index (κ1) is 19.1. The molecule has 0 bridgehead atoms. The monoisotopic (exact) mass is 344 g/mol. The van der Waals surface area contributed by atoms with E-state index in [0.29, 0.717) is 23.3 Å². The lowest BCUT2D eigenvalue weighted by atomic mass is 9.91. The third-order valence-corrected chi connectivity index (χ3v) is 4.51. The second-order valence-electron chi connectivity index (χ2n) is 7.17. The summed E-state index contributed by atoms with van der Waals surface area (Å²) in [6.45, 7) is 8.18. The maximum absolute atomic E-state index is 11.6. The molecule has 1 heterocycles. The van der Waals surface area contributed by atoms with Crippen LogP contribution in [0.5, 0.6) is 11.5 Å². The number of hydrogen-bond donors (Lipinski definition) is 2. The summed E-state index contributed by atoms with van der Waals surface area (Å²) in [7, 11) is 0. The van der Waals surface area contributed by atoms with Gasteiger partial charge in [0, 0.05) is 6.42 Å². The fraction of sp³-hybridized carbons (Fsp3) is 0.476. The van der Waals surface area contributed by atoms with Gasteiger partial charge in [0.1, 0.15) is 22.7 Å². The van der Waals surface area contributed by atoms with Crippen LogP contribution in [-0.4, -0.2) is 21.8 Å². The molecule has 0 saturated heterocycles. The van der Waals surface area contributed by atoms with Crippen LogP contribution in [-0.2, 0) is 6.42 Å². The summed E-state index contributed by atoms with van der Waals surface area (Å²) in [6, 6.07) is 1.79. The fourth-order valence-electron chi connectivity index (χ4n) is 3.02. The zero-order valence-electron chi connectivity index (χ0n) is 15.6. The Labute approximate surface area is 149 Å². The molecule has 1 aromatic carbocycles. The quantitative estimate of drug-likeness (QED) is 0.517. The highest BCUT2D eigenvalue weighted by atomic mass is 16.5. The second kappa shape index (κ2) is 7.77. The van der Waals surface area contributed by atoms with Gasteiger partial charge in [-0.05, 0) is 57.4 Å². The minimum atomic E-state index is -1.10. The number of carboxylic acid groups (broad SMARTS) is 1. The lowest BCUT2D eigenvalue weighted by molar-refractivity contribution is 0.0692. The zero-order valence-corrected chi connectivity index (χ0v) is 15.6. The number of aryl methyl sites for hydroxylation is 1. The first-order valence-corrected chi connectivity index (χ1v) is 8.91. The predicted octanol–water partition coefficient (Wildman–Crippen LogP) is 5.34. The summed E-state index contributed by atoms with van der Waals surface area (Å²) < 4.78 is 6.15. The molecular weight excluding hydrogens is 316 g/mol. The Morgan fingerprint density at radius 2 is 2.04 bits per heavy atom. The van der Waals surface area contributed by atoms with E-state index in [1.165, 1.54) is 5.57 Å². The van der Waals surface area contributed by atoms with Gasteiger partial charge in [-0.2, -0.15) is 0 Å². The third kappa shape index (κ3) is 4.44. The van der Waals surface area contributed by atoms with Crippen LogP contribution in [0.3, 0.4) is 0 Å². The molecule has 2 rings (SSSR count). The van der Waals surface area contributed by atoms with Gasteiger partial charge in [0.2, 0.25) is 0 Å². The van der Waals surface area contributed by atoms with Crippen LogP contribution in [0.4, 0.5) is 0 Å². The number of rotatable bonds is 7. The number of benzene rings is 1. The first-order valence-electron chi connectivity index (χ1n) is 8.91. The Balaban J connectivity index is 2.42. The number of hydrogen-bond acceptors (Lipinski definition) is 3. The number of unbranched alkanes of at least 4 members (excludes halogenated alkanes) is 2. The molecule has 1 aliphatic rings. The van der Waals surface area contributed by atoms with E-state index in [9.17, 15) is 15.0 Å². The van der Waals surface area contributed by atoms with Crippen LogP contribution < -0.4 is 4.74 Å². The zero-order chi connectivity index (χ0) is 18.6. The van der Waals surface area contributed by atoms with Crippen molar-refractivity contribution in [2.75, 3.05) is 0 Å². The van der Waals surface area contributed by atoms with Gasteiger partial charge >= 0.3 is 5.97 Å². The molecule has 136 valence electrons. The maximum atomic E-state index is 11.6. The van der Waals surface area contributed by atoms with Crippen molar-refractivity contribution in [3.05, 3.63) is 40.5 Å². The largest absolute Gasteiger partial charge is 0.506 e. The molecule has 0 amide bonds. The van der Waals surface area contributed by atoms with Crippen molar-refractivity contribution in [2.24, 2.45) is 0 Å². The number of ether oxygens (including phenoxy) is 1. The number of aromatic hydroxyl groups is 1. The Morgan fingerprint density at radius 3 is 2.64 bits per heavy atom. The van der Waals surface area contributed by atoms with E-state index >= 15 is 0 Å². The average molecular weight is 344 g/mol. The highest BCUT2D eigenvalue weighted by Gasteiger charge is 2.30. The molecule has 0 radical (unpaired) electrons. The molecule has 1 aliphatic heterocycles. The Kier molecular flexibility index (Phi) is 5.93. The molecule has 0 fully saturated rings. The number of allylic oxidation sites excluding steroid dienone is 1. The number of carboxylic acids is 1. The van der Waals surface area contributed by atoms with Gasteiger partial charge in [-0.25, -0.2) is 4.79 Å². The topological polar surface area (TPSA) is 66.8 Å². The number of fused-ring (bicyclic) bond motifs is 1. The molecule has 4 heteroatoms. The van der Waals surface area contributed by atoms with Crippen LogP contribution in [0.1, 0.15) is 74.9 Å². The van der Waals surface area contributed by atoms with Gasteiger partial charge in [-0.3, -0.25) is 0 Å². The van der Waals surface area contributed by atoms with Crippen LogP contribution >= 0.6 is 0 Å². The van der Waals surface area contributed by atoms with E-state index in [1.807, 2.05) is 26.8 Å². The Hall–Kier alpha value is -2.23. The highest BCUT2D eigenvalue weighted by Crippen LogP contribution is 2.41. The van der Waals surface area contributed by atoms with Crippen molar-refractivity contribution in [3.63, 3.8) is 0 Å². The van der Waals surface area contributed by atoms with E-state index < -0.39 is 11.6 Å². The summed E-state index contributed by atoms with van der Waals surface area (Å²) in [5.74, 6) is -0.740. The van der Waals surface area contributed by atoms with Crippen molar-refractivity contribution in [2.45, 2.75) is 65.4 Å². The van der Waals surface area contributed by atoms with Gasteiger partial charge in [0.15, 0.2) is 0 Å². The molecule has 2 N–H and O–H groups in total. The van der Waals surface area contributed by atoms with Crippen LogP contribution in [0.15, 0.2) is 23.8 Å². The van der Waals surface area contributed by atoms with E-state index in [-0.39, 0.29) is 11.3 Å². The molecule has 25 heavy (non-hydrogen) atoms. The van der Waals surface area contributed by atoms with Crippen LogP contribution in [0.25, 0.3) is 6.08 Å². The molecule has 1 unspecified atom stereocenters. The number of phenols is 1. The summed E-state index contributed by atoms with van der Waals surface area (Å²) >= 11 is 0. The van der Waals surface area contributed by atoms with Gasteiger partial charge in [0.25, 0.3) is 0 Å². The minimum Gasteiger partial charge on any atom is -0.506 e. The Bertz CT molecular complexity index is 711. The Morgan fingerprint density at radius 1 is 1.32 bits per heavy atom. The lowest BCUT2D eigenvalue weighted by Crippen LogP contribution is -2.31. The summed E-state index contributed by atoms with van der Waals surface area (Å²) in [6.07, 6.45) is 10.1. The van der Waals surface area contributed by atoms with Gasteiger partial charge in [-0.1, -0.05) is 31.4 Å². The molecule has 1 aromatic rings. The SMILES string of the molecule is CCCCCc1cc2c(c(O)c1C(=O)O)C=CC(C)(CC=C(C)C)O2. The molecule has 0 saturated carbocycles. The molecular formula is C21H28O4. The smallest absolute Gasteiger partial charge is 0.339 e. The second-order valence-corrected chi connectivity index (χ2v) is 7.17. The third-order valence-electron chi connectivity index (χ3n) is 4.51. The van der Waals surface area contributed by atoms with Crippen molar-refractivity contribution >= 4 is 12.0 Å². The predicted molar refractivity (Wildman–Crippen MR) is 100 cm³/mol. The summed E-state index contributed by atoms with van der Waals surface area (Å²) in [5, 5.41) is 20.0. The van der Waals surface area contributed by atoms with Gasteiger partial charge < -0.3 is 14.9 Å². The van der Waals surface area contributed by atoms with Crippen molar-refractivity contribution in [1.29, 1.82) is 0 Å². The average Bonchev–Trinajstić information content (AvgIpc) is 2.52. The molecule has 1 atom stereocenters. The number of carbonyl (C=O) groups is 1. The lowest BCUT2D eigenvalue weighted by Gasteiger charge is -2.32. The van der Waals surface area contributed by atoms with Gasteiger partial charge in [0.05, 0.1) is 5.56 Å². The normalized spacial score (nSPS) is 18.4. The van der Waals surface area contributed by atoms with Crippen LogP contribution in [0, 0.1) is 0 Å². The molecule has 4 nitrogen and oxygen atoms in total. The van der Waals surface area contributed by atoms with Crippen molar-refractivity contribution in [1.82, 2.24) is 0 Å². The minimum absolute atomic E-state index is 0.00370. The summed E-state index contributed by atoms with van der Waals surface area (Å²) in [4.78, 5) is 11.6.